The fraction of sp³-hybridized carbons (Fsp3) is 0.300. The zero-order valence-electron chi connectivity index (χ0n) is 22.8. The number of carbonyl (C=O) groups is 3. The highest BCUT2D eigenvalue weighted by atomic mass is 16.5. The number of carboxylic acid groups (broad SMARTS) is 1. The molecule has 1 fully saturated rings. The summed E-state index contributed by atoms with van der Waals surface area (Å²) in [4.78, 5) is 38.9. The SMILES string of the molecule is CNc1cc(C(=O)O)ccc1OC[C@@H]1CCCN1C(=O)Cc1ccc(NC(=O)Nc2ccccc2C)c(OC)c1. The second-order valence-electron chi connectivity index (χ2n) is 9.57. The van der Waals surface area contributed by atoms with Gasteiger partial charge in [-0.25, -0.2) is 9.59 Å². The predicted octanol–water partition coefficient (Wildman–Crippen LogP) is 5.00. The van der Waals surface area contributed by atoms with Gasteiger partial charge in [-0.1, -0.05) is 24.3 Å². The van der Waals surface area contributed by atoms with E-state index in [0.717, 1.165) is 24.0 Å². The van der Waals surface area contributed by atoms with Crippen molar-refractivity contribution in [1.82, 2.24) is 4.90 Å². The van der Waals surface area contributed by atoms with Gasteiger partial charge in [0.25, 0.3) is 0 Å². The lowest BCUT2D eigenvalue weighted by Crippen LogP contribution is -2.40. The number of urea groups is 1. The molecule has 0 unspecified atom stereocenters. The largest absolute Gasteiger partial charge is 0.495 e. The molecule has 3 aromatic carbocycles. The van der Waals surface area contributed by atoms with Crippen molar-refractivity contribution in [3.8, 4) is 11.5 Å². The Morgan fingerprint density at radius 1 is 0.975 bits per heavy atom. The molecule has 4 N–H and O–H groups in total. The first-order valence-corrected chi connectivity index (χ1v) is 13.1. The smallest absolute Gasteiger partial charge is 0.335 e. The number of carboxylic acids is 1. The van der Waals surface area contributed by atoms with E-state index in [0.29, 0.717) is 41.7 Å². The third kappa shape index (κ3) is 6.82. The summed E-state index contributed by atoms with van der Waals surface area (Å²) >= 11 is 0. The Morgan fingerprint density at radius 2 is 1.75 bits per heavy atom. The third-order valence-electron chi connectivity index (χ3n) is 6.89. The molecule has 3 amide bonds. The molecule has 10 nitrogen and oxygen atoms in total. The molecule has 1 heterocycles. The van der Waals surface area contributed by atoms with Crippen molar-refractivity contribution in [3.63, 3.8) is 0 Å². The first-order chi connectivity index (χ1) is 19.3. The van der Waals surface area contributed by atoms with Crippen LogP contribution in [-0.2, 0) is 11.2 Å². The number of nitrogens with one attached hydrogen (secondary N) is 3. The van der Waals surface area contributed by atoms with E-state index in [9.17, 15) is 19.5 Å². The highest BCUT2D eigenvalue weighted by molar-refractivity contribution is 6.01. The minimum Gasteiger partial charge on any atom is -0.495 e. The van der Waals surface area contributed by atoms with E-state index in [4.69, 9.17) is 9.47 Å². The number of benzene rings is 3. The number of carbonyl (C=O) groups excluding carboxylic acids is 2. The number of aromatic carboxylic acids is 1. The van der Waals surface area contributed by atoms with Crippen LogP contribution in [0.15, 0.2) is 60.7 Å². The van der Waals surface area contributed by atoms with E-state index in [1.807, 2.05) is 36.1 Å². The van der Waals surface area contributed by atoms with E-state index in [1.54, 1.807) is 31.3 Å². The maximum atomic E-state index is 13.2. The quantitative estimate of drug-likeness (QED) is 0.282. The summed E-state index contributed by atoms with van der Waals surface area (Å²) in [5, 5.41) is 17.8. The van der Waals surface area contributed by atoms with Crippen molar-refractivity contribution < 1.29 is 29.0 Å². The van der Waals surface area contributed by atoms with Crippen LogP contribution in [0.25, 0.3) is 0 Å². The number of hydrogen-bond donors (Lipinski definition) is 4. The van der Waals surface area contributed by atoms with Crippen LogP contribution < -0.4 is 25.4 Å². The zero-order chi connectivity index (χ0) is 28.6. The maximum absolute atomic E-state index is 13.2. The van der Waals surface area contributed by atoms with Crippen LogP contribution in [0.2, 0.25) is 0 Å². The summed E-state index contributed by atoms with van der Waals surface area (Å²) in [5.41, 5.74) is 3.65. The Hall–Kier alpha value is -4.73. The molecule has 1 aliphatic heterocycles. The summed E-state index contributed by atoms with van der Waals surface area (Å²) in [6, 6.07) is 16.9. The Morgan fingerprint density at radius 3 is 2.48 bits per heavy atom. The third-order valence-corrected chi connectivity index (χ3v) is 6.89. The maximum Gasteiger partial charge on any atom is 0.335 e. The fourth-order valence-electron chi connectivity index (χ4n) is 4.72. The predicted molar refractivity (Wildman–Crippen MR) is 154 cm³/mol. The summed E-state index contributed by atoms with van der Waals surface area (Å²) in [6.45, 7) is 2.85. The normalized spacial score (nSPS) is 14.4. The van der Waals surface area contributed by atoms with Gasteiger partial charge in [-0.05, 0) is 67.3 Å². The average molecular weight is 547 g/mol. The van der Waals surface area contributed by atoms with Crippen LogP contribution >= 0.6 is 0 Å². The number of aryl methyl sites for hydroxylation is 1. The van der Waals surface area contributed by atoms with Crippen LogP contribution in [0.3, 0.4) is 0 Å². The van der Waals surface area contributed by atoms with Gasteiger partial charge in [0.1, 0.15) is 18.1 Å². The van der Waals surface area contributed by atoms with Gasteiger partial charge in [0.2, 0.25) is 5.91 Å². The average Bonchev–Trinajstić information content (AvgIpc) is 3.42. The molecular weight excluding hydrogens is 512 g/mol. The van der Waals surface area contributed by atoms with Crippen molar-refractivity contribution in [2.75, 3.05) is 43.3 Å². The number of likely N-dealkylation sites (tertiary alicyclic amines) is 1. The van der Waals surface area contributed by atoms with Crippen molar-refractivity contribution >= 4 is 35.0 Å². The van der Waals surface area contributed by atoms with Crippen LogP contribution in [0, 0.1) is 6.92 Å². The Kier molecular flexibility index (Phi) is 9.11. The molecule has 0 aromatic heterocycles. The number of para-hydroxylation sites is 1. The van der Waals surface area contributed by atoms with E-state index in [1.165, 1.54) is 19.2 Å². The van der Waals surface area contributed by atoms with E-state index >= 15 is 0 Å². The summed E-state index contributed by atoms with van der Waals surface area (Å²) < 4.78 is 11.5. The lowest BCUT2D eigenvalue weighted by atomic mass is 10.1. The molecule has 0 aliphatic carbocycles. The summed E-state index contributed by atoms with van der Waals surface area (Å²) in [6.07, 6.45) is 1.87. The lowest BCUT2D eigenvalue weighted by molar-refractivity contribution is -0.131. The van der Waals surface area contributed by atoms with Crippen molar-refractivity contribution in [3.05, 3.63) is 77.4 Å². The number of nitrogens with zero attached hydrogens (tertiary/aromatic N) is 1. The fourth-order valence-corrected chi connectivity index (χ4v) is 4.72. The minimum absolute atomic E-state index is 0.0266. The Balaban J connectivity index is 1.37. The summed E-state index contributed by atoms with van der Waals surface area (Å²) in [5.74, 6) is -0.0511. The number of ether oxygens (including phenoxy) is 2. The Bertz CT molecular complexity index is 1390. The molecule has 210 valence electrons. The molecule has 1 aliphatic rings. The van der Waals surface area contributed by atoms with Gasteiger partial charge in [0.05, 0.1) is 36.5 Å². The van der Waals surface area contributed by atoms with Crippen molar-refractivity contribution in [1.29, 1.82) is 0 Å². The van der Waals surface area contributed by atoms with Crippen LogP contribution in [0.1, 0.15) is 34.3 Å². The number of amides is 3. The zero-order valence-corrected chi connectivity index (χ0v) is 22.8. The van der Waals surface area contributed by atoms with Gasteiger partial charge in [0, 0.05) is 19.3 Å². The lowest BCUT2D eigenvalue weighted by Gasteiger charge is -2.25. The summed E-state index contributed by atoms with van der Waals surface area (Å²) in [7, 11) is 3.21. The van der Waals surface area contributed by atoms with E-state index in [2.05, 4.69) is 16.0 Å². The second-order valence-corrected chi connectivity index (χ2v) is 9.57. The molecule has 1 atom stereocenters. The molecule has 40 heavy (non-hydrogen) atoms. The van der Waals surface area contributed by atoms with Gasteiger partial charge in [-0.2, -0.15) is 0 Å². The number of methoxy groups -OCH3 is 1. The van der Waals surface area contributed by atoms with Gasteiger partial charge < -0.3 is 35.4 Å². The van der Waals surface area contributed by atoms with Gasteiger partial charge in [-0.3, -0.25) is 4.79 Å². The van der Waals surface area contributed by atoms with E-state index < -0.39 is 12.0 Å². The van der Waals surface area contributed by atoms with Crippen LogP contribution in [0.5, 0.6) is 11.5 Å². The monoisotopic (exact) mass is 546 g/mol. The standard InChI is InChI=1S/C30H34N4O6/c1-19-7-4-5-9-23(19)32-30(38)33-24-12-10-20(15-27(24)39-3)16-28(35)34-14-6-8-22(34)18-40-26-13-11-21(29(36)37)17-25(26)31-2/h4-5,7,9-13,15,17,22,31H,6,8,14,16,18H2,1-3H3,(H,36,37)(H2,32,33,38)/t22-/m0/s1. The molecule has 4 rings (SSSR count). The molecule has 0 saturated carbocycles. The second kappa shape index (κ2) is 12.9. The Labute approximate surface area is 233 Å². The van der Waals surface area contributed by atoms with Crippen molar-refractivity contribution in [2.24, 2.45) is 0 Å². The molecule has 0 radical (unpaired) electrons. The topological polar surface area (TPSA) is 129 Å². The molecule has 0 bridgehead atoms. The van der Waals surface area contributed by atoms with Gasteiger partial charge in [0.15, 0.2) is 0 Å². The molecular formula is C30H34N4O6. The number of hydrogen-bond acceptors (Lipinski definition) is 6. The molecule has 10 heteroatoms. The van der Waals surface area contributed by atoms with Crippen molar-refractivity contribution in [2.45, 2.75) is 32.2 Å². The van der Waals surface area contributed by atoms with E-state index in [-0.39, 0.29) is 23.9 Å². The van der Waals surface area contributed by atoms with Gasteiger partial charge in [-0.15, -0.1) is 0 Å². The first kappa shape index (κ1) is 28.3. The minimum atomic E-state index is -1.01. The highest BCUT2D eigenvalue weighted by Gasteiger charge is 2.29. The van der Waals surface area contributed by atoms with Crippen LogP contribution in [0.4, 0.5) is 21.9 Å². The number of rotatable bonds is 10. The first-order valence-electron chi connectivity index (χ1n) is 13.1. The molecule has 3 aromatic rings. The molecule has 1 saturated heterocycles. The number of anilines is 3. The van der Waals surface area contributed by atoms with Gasteiger partial charge >= 0.3 is 12.0 Å². The molecule has 0 spiro atoms. The van der Waals surface area contributed by atoms with Crippen LogP contribution in [-0.4, -0.2) is 61.3 Å². The highest BCUT2D eigenvalue weighted by Crippen LogP contribution is 2.29.